The highest BCUT2D eigenvalue weighted by Gasteiger charge is 2.15. The second-order valence-corrected chi connectivity index (χ2v) is 5.30. The molecule has 0 saturated heterocycles. The van der Waals surface area contributed by atoms with Crippen LogP contribution in [0, 0.1) is 11.9 Å². The van der Waals surface area contributed by atoms with Crippen molar-refractivity contribution in [2.45, 2.75) is 26.3 Å². The summed E-state index contributed by atoms with van der Waals surface area (Å²) in [4.78, 5) is 17.5. The highest BCUT2D eigenvalue weighted by Crippen LogP contribution is 2.08. The smallest absolute Gasteiger partial charge is 0.270 e. The summed E-state index contributed by atoms with van der Waals surface area (Å²) in [5.41, 5.74) is 0.113. The van der Waals surface area contributed by atoms with Gasteiger partial charge in [0.1, 0.15) is 5.69 Å². The van der Waals surface area contributed by atoms with Gasteiger partial charge < -0.3 is 10.2 Å². The van der Waals surface area contributed by atoms with E-state index in [0.29, 0.717) is 12.5 Å². The molecule has 1 amide bonds. The molecule has 1 atom stereocenters. The molecule has 5 heteroatoms. The zero-order valence-electron chi connectivity index (χ0n) is 12.0. The van der Waals surface area contributed by atoms with Crippen molar-refractivity contribution in [1.82, 2.24) is 15.2 Å². The standard InChI is InChI=1S/C14H22FN3O/c1-10(2)8-11(18(3)4)9-16-14(19)12-6-5-7-13(15)17-12/h5-7,10-11H,8-9H2,1-4H3,(H,16,19). The van der Waals surface area contributed by atoms with Crippen LogP contribution in [-0.2, 0) is 0 Å². The Morgan fingerprint density at radius 3 is 2.63 bits per heavy atom. The quantitative estimate of drug-likeness (QED) is 0.801. The number of pyridine rings is 1. The Balaban J connectivity index is 2.57. The lowest BCUT2D eigenvalue weighted by atomic mass is 10.0. The van der Waals surface area contributed by atoms with E-state index < -0.39 is 5.95 Å². The number of amides is 1. The van der Waals surface area contributed by atoms with Gasteiger partial charge in [0.25, 0.3) is 5.91 Å². The van der Waals surface area contributed by atoms with Gasteiger partial charge in [0.2, 0.25) is 5.95 Å². The van der Waals surface area contributed by atoms with Crippen LogP contribution in [0.4, 0.5) is 4.39 Å². The summed E-state index contributed by atoms with van der Waals surface area (Å²) in [5.74, 6) is -0.425. The minimum absolute atomic E-state index is 0.113. The summed E-state index contributed by atoms with van der Waals surface area (Å²) >= 11 is 0. The molecule has 4 nitrogen and oxygen atoms in total. The predicted octanol–water partition coefficient (Wildman–Crippen LogP) is 1.93. The number of hydrogen-bond acceptors (Lipinski definition) is 3. The fourth-order valence-corrected chi connectivity index (χ4v) is 1.86. The molecule has 1 aromatic rings. The fraction of sp³-hybridized carbons (Fsp3) is 0.571. The summed E-state index contributed by atoms with van der Waals surface area (Å²) < 4.78 is 12.9. The third-order valence-electron chi connectivity index (χ3n) is 2.92. The molecule has 0 fully saturated rings. The van der Waals surface area contributed by atoms with Crippen molar-refractivity contribution in [2.24, 2.45) is 5.92 Å². The Labute approximate surface area is 114 Å². The maximum absolute atomic E-state index is 12.9. The number of hydrogen-bond donors (Lipinski definition) is 1. The zero-order valence-corrected chi connectivity index (χ0v) is 12.0. The number of likely N-dealkylation sites (N-methyl/N-ethyl adjacent to an activating group) is 1. The van der Waals surface area contributed by atoms with Gasteiger partial charge in [0.15, 0.2) is 0 Å². The first kappa shape index (κ1) is 15.6. The highest BCUT2D eigenvalue weighted by atomic mass is 19.1. The largest absolute Gasteiger partial charge is 0.349 e. The summed E-state index contributed by atoms with van der Waals surface area (Å²) in [6.45, 7) is 4.82. The van der Waals surface area contributed by atoms with Crippen LogP contribution < -0.4 is 5.32 Å². The zero-order chi connectivity index (χ0) is 14.4. The monoisotopic (exact) mass is 267 g/mol. The molecule has 0 radical (unpaired) electrons. The van der Waals surface area contributed by atoms with E-state index in [9.17, 15) is 9.18 Å². The summed E-state index contributed by atoms with van der Waals surface area (Å²) in [6, 6.07) is 4.47. The molecule has 1 unspecified atom stereocenters. The number of nitrogens with one attached hydrogen (secondary N) is 1. The number of halogens is 1. The normalized spacial score (nSPS) is 12.8. The molecular formula is C14H22FN3O. The third kappa shape index (κ3) is 5.34. The van der Waals surface area contributed by atoms with Crippen LogP contribution in [0.5, 0.6) is 0 Å². The van der Waals surface area contributed by atoms with Crippen molar-refractivity contribution < 1.29 is 9.18 Å². The Morgan fingerprint density at radius 2 is 2.11 bits per heavy atom. The topological polar surface area (TPSA) is 45.2 Å². The Morgan fingerprint density at radius 1 is 1.42 bits per heavy atom. The van der Waals surface area contributed by atoms with Crippen molar-refractivity contribution in [3.63, 3.8) is 0 Å². The van der Waals surface area contributed by atoms with Crippen LogP contribution in [0.3, 0.4) is 0 Å². The van der Waals surface area contributed by atoms with Crippen LogP contribution in [0.2, 0.25) is 0 Å². The molecule has 106 valence electrons. The third-order valence-corrected chi connectivity index (χ3v) is 2.92. The van der Waals surface area contributed by atoms with E-state index in [1.807, 2.05) is 14.1 Å². The minimum Gasteiger partial charge on any atom is -0.349 e. The summed E-state index contributed by atoms with van der Waals surface area (Å²) in [7, 11) is 3.97. The van der Waals surface area contributed by atoms with Gasteiger partial charge in [-0.2, -0.15) is 4.39 Å². The van der Waals surface area contributed by atoms with Gasteiger partial charge in [-0.15, -0.1) is 0 Å². The average Bonchev–Trinajstić information content (AvgIpc) is 2.33. The molecule has 0 aromatic carbocycles. The van der Waals surface area contributed by atoms with Gasteiger partial charge >= 0.3 is 0 Å². The maximum atomic E-state index is 12.9. The summed E-state index contributed by atoms with van der Waals surface area (Å²) in [6.07, 6.45) is 0.990. The number of nitrogens with zero attached hydrogens (tertiary/aromatic N) is 2. The van der Waals surface area contributed by atoms with Gasteiger partial charge in [-0.3, -0.25) is 4.79 Å². The molecule has 1 heterocycles. The van der Waals surface area contributed by atoms with Crippen LogP contribution in [0.25, 0.3) is 0 Å². The number of carbonyl (C=O) groups excluding carboxylic acids is 1. The number of carbonyl (C=O) groups is 1. The molecular weight excluding hydrogens is 245 g/mol. The molecule has 0 aliphatic heterocycles. The summed E-state index contributed by atoms with van der Waals surface area (Å²) in [5, 5.41) is 2.80. The van der Waals surface area contributed by atoms with E-state index >= 15 is 0 Å². The van der Waals surface area contributed by atoms with Gasteiger partial charge in [0, 0.05) is 12.6 Å². The number of rotatable bonds is 6. The minimum atomic E-state index is -0.640. The molecule has 0 aliphatic carbocycles. The predicted molar refractivity (Wildman–Crippen MR) is 73.5 cm³/mol. The SMILES string of the molecule is CC(C)CC(CNC(=O)c1cccc(F)n1)N(C)C. The molecule has 0 spiro atoms. The van der Waals surface area contributed by atoms with E-state index in [1.165, 1.54) is 18.2 Å². The van der Waals surface area contributed by atoms with Crippen molar-refractivity contribution in [3.05, 3.63) is 29.8 Å². The first-order valence-corrected chi connectivity index (χ1v) is 6.47. The second kappa shape index (κ2) is 7.19. The second-order valence-electron chi connectivity index (χ2n) is 5.30. The average molecular weight is 267 g/mol. The van der Waals surface area contributed by atoms with Crippen molar-refractivity contribution in [3.8, 4) is 0 Å². The van der Waals surface area contributed by atoms with Gasteiger partial charge in [-0.1, -0.05) is 19.9 Å². The highest BCUT2D eigenvalue weighted by molar-refractivity contribution is 5.92. The Kier molecular flexibility index (Phi) is 5.89. The first-order chi connectivity index (χ1) is 8.90. The fourth-order valence-electron chi connectivity index (χ4n) is 1.86. The van der Waals surface area contributed by atoms with Crippen molar-refractivity contribution >= 4 is 5.91 Å². The van der Waals surface area contributed by atoms with Crippen LogP contribution in [-0.4, -0.2) is 42.5 Å². The van der Waals surface area contributed by atoms with E-state index in [2.05, 4.69) is 29.0 Å². The lowest BCUT2D eigenvalue weighted by molar-refractivity contribution is 0.0932. The van der Waals surface area contributed by atoms with Gasteiger partial charge in [-0.25, -0.2) is 4.98 Å². The van der Waals surface area contributed by atoms with Crippen LogP contribution >= 0.6 is 0 Å². The molecule has 0 aliphatic rings. The van der Waals surface area contributed by atoms with Crippen LogP contribution in [0.1, 0.15) is 30.8 Å². The lowest BCUT2D eigenvalue weighted by Crippen LogP contribution is -2.41. The van der Waals surface area contributed by atoms with E-state index in [0.717, 1.165) is 6.42 Å². The van der Waals surface area contributed by atoms with Crippen LogP contribution in [0.15, 0.2) is 18.2 Å². The molecule has 1 N–H and O–H groups in total. The van der Waals surface area contributed by atoms with E-state index in [1.54, 1.807) is 0 Å². The van der Waals surface area contributed by atoms with E-state index in [4.69, 9.17) is 0 Å². The van der Waals surface area contributed by atoms with Crippen molar-refractivity contribution in [1.29, 1.82) is 0 Å². The Hall–Kier alpha value is -1.49. The molecule has 1 aromatic heterocycles. The van der Waals surface area contributed by atoms with Gasteiger partial charge in [0.05, 0.1) is 0 Å². The van der Waals surface area contributed by atoms with Crippen molar-refractivity contribution in [2.75, 3.05) is 20.6 Å². The van der Waals surface area contributed by atoms with E-state index in [-0.39, 0.29) is 17.6 Å². The molecule has 0 saturated carbocycles. The molecule has 0 bridgehead atoms. The van der Waals surface area contributed by atoms with Gasteiger partial charge in [-0.05, 0) is 38.6 Å². The molecule has 1 rings (SSSR count). The number of aromatic nitrogens is 1. The Bertz CT molecular complexity index is 421. The maximum Gasteiger partial charge on any atom is 0.270 e. The lowest BCUT2D eigenvalue weighted by Gasteiger charge is -2.26. The first-order valence-electron chi connectivity index (χ1n) is 6.47. The molecule has 19 heavy (non-hydrogen) atoms.